The molecule has 2 heterocycles. The van der Waals surface area contributed by atoms with Crippen LogP contribution in [0.2, 0.25) is 0 Å². The largest absolute Gasteiger partial charge is 0.357 e. The van der Waals surface area contributed by atoms with Crippen molar-refractivity contribution in [1.82, 2.24) is 9.13 Å². The highest BCUT2D eigenvalue weighted by atomic mass is 16.2. The van der Waals surface area contributed by atoms with Gasteiger partial charge in [-0.15, -0.1) is 0 Å². The Hall–Kier alpha value is -2.04. The topological polar surface area (TPSA) is 47.2 Å². The van der Waals surface area contributed by atoms with Gasteiger partial charge in [0.25, 0.3) is 5.56 Å². The maximum Gasteiger partial charge on any atom is 0.332 e. The molecule has 0 radical (unpaired) electrons. The van der Waals surface area contributed by atoms with Crippen LogP contribution in [0.5, 0.6) is 0 Å². The van der Waals surface area contributed by atoms with Gasteiger partial charge in [0, 0.05) is 27.2 Å². The van der Waals surface area contributed by atoms with Crippen LogP contribution in [0.3, 0.4) is 0 Å². The third kappa shape index (κ3) is 2.28. The molecule has 1 aliphatic rings. The maximum atomic E-state index is 12.3. The summed E-state index contributed by atoms with van der Waals surface area (Å²) in [6.07, 6.45) is 7.25. The molecule has 1 aromatic rings. The summed E-state index contributed by atoms with van der Waals surface area (Å²) in [6, 6.07) is 0. The second-order valence-corrected chi connectivity index (χ2v) is 4.73. The fourth-order valence-corrected chi connectivity index (χ4v) is 2.48. The van der Waals surface area contributed by atoms with E-state index in [2.05, 4.69) is 11.5 Å². The van der Waals surface area contributed by atoms with Crippen LogP contribution in [0.25, 0.3) is 6.08 Å². The molecule has 0 aliphatic carbocycles. The van der Waals surface area contributed by atoms with E-state index in [-0.39, 0.29) is 11.2 Å². The summed E-state index contributed by atoms with van der Waals surface area (Å²) in [7, 11) is 3.21. The van der Waals surface area contributed by atoms with Gasteiger partial charge in [-0.2, -0.15) is 0 Å². The number of allylic oxidation sites excluding steroid dienone is 2. The van der Waals surface area contributed by atoms with E-state index in [4.69, 9.17) is 0 Å². The molecule has 1 aliphatic heterocycles. The second-order valence-electron chi connectivity index (χ2n) is 4.73. The van der Waals surface area contributed by atoms with Gasteiger partial charge in [0.05, 0.1) is 5.56 Å². The van der Waals surface area contributed by atoms with Crippen LogP contribution in [0.1, 0.15) is 18.4 Å². The van der Waals surface area contributed by atoms with Gasteiger partial charge in [0.15, 0.2) is 0 Å². The molecule has 5 nitrogen and oxygen atoms in total. The first-order valence-corrected chi connectivity index (χ1v) is 6.42. The van der Waals surface area contributed by atoms with Gasteiger partial charge in [-0.1, -0.05) is 18.7 Å². The number of hydrogen-bond donors (Lipinski definition) is 0. The first kappa shape index (κ1) is 13.4. The minimum Gasteiger partial charge on any atom is -0.357 e. The van der Waals surface area contributed by atoms with Crippen molar-refractivity contribution in [2.24, 2.45) is 14.1 Å². The average molecular weight is 261 g/mol. The highest BCUT2D eigenvalue weighted by Gasteiger charge is 2.21. The van der Waals surface area contributed by atoms with Gasteiger partial charge in [-0.05, 0) is 18.9 Å². The van der Waals surface area contributed by atoms with Crippen molar-refractivity contribution >= 4 is 11.9 Å². The van der Waals surface area contributed by atoms with Crippen LogP contribution >= 0.6 is 0 Å². The zero-order chi connectivity index (χ0) is 14.0. The second kappa shape index (κ2) is 5.30. The fourth-order valence-electron chi connectivity index (χ4n) is 2.48. The minimum atomic E-state index is -0.289. The number of hydrogen-bond acceptors (Lipinski definition) is 3. The Morgan fingerprint density at radius 2 is 1.74 bits per heavy atom. The predicted octanol–water partition coefficient (Wildman–Crippen LogP) is 0.883. The summed E-state index contributed by atoms with van der Waals surface area (Å²) in [5.74, 6) is 0.712. The van der Waals surface area contributed by atoms with Crippen LogP contribution in [-0.2, 0) is 14.1 Å². The molecule has 0 saturated carbocycles. The van der Waals surface area contributed by atoms with Crippen molar-refractivity contribution < 1.29 is 0 Å². The van der Waals surface area contributed by atoms with Crippen LogP contribution in [0.4, 0.5) is 5.82 Å². The molecular formula is C14H19N3O2. The molecule has 5 heteroatoms. The normalized spacial score (nSPS) is 15.4. The molecule has 0 unspecified atom stereocenters. The molecule has 19 heavy (non-hydrogen) atoms. The van der Waals surface area contributed by atoms with E-state index in [1.54, 1.807) is 29.8 Å². The minimum absolute atomic E-state index is 0.261. The summed E-state index contributed by atoms with van der Waals surface area (Å²) in [4.78, 5) is 26.4. The molecule has 0 atom stereocenters. The molecule has 0 N–H and O–H groups in total. The Morgan fingerprint density at radius 3 is 2.32 bits per heavy atom. The first-order valence-electron chi connectivity index (χ1n) is 6.42. The summed E-state index contributed by atoms with van der Waals surface area (Å²) >= 11 is 0. The van der Waals surface area contributed by atoms with Crippen LogP contribution in [0.15, 0.2) is 28.3 Å². The Morgan fingerprint density at radius 1 is 1.11 bits per heavy atom. The molecule has 0 aromatic carbocycles. The molecule has 0 bridgehead atoms. The van der Waals surface area contributed by atoms with Crippen LogP contribution in [0, 0.1) is 0 Å². The molecule has 1 saturated heterocycles. The smallest absolute Gasteiger partial charge is 0.332 e. The zero-order valence-corrected chi connectivity index (χ0v) is 11.4. The quantitative estimate of drug-likeness (QED) is 0.759. The number of rotatable bonds is 3. The zero-order valence-electron chi connectivity index (χ0n) is 11.4. The fraction of sp³-hybridized carbons (Fsp3) is 0.429. The number of nitrogens with zero attached hydrogens (tertiary/aromatic N) is 3. The Kier molecular flexibility index (Phi) is 3.74. The SMILES string of the molecule is C=C/C=C/c1c(N2CCCC2)n(C)c(=O)n(C)c1=O. The molecule has 102 valence electrons. The van der Waals surface area contributed by atoms with E-state index >= 15 is 0 Å². The van der Waals surface area contributed by atoms with Crippen molar-refractivity contribution in [3.05, 3.63) is 45.1 Å². The van der Waals surface area contributed by atoms with Crippen molar-refractivity contribution in [2.75, 3.05) is 18.0 Å². The van der Waals surface area contributed by atoms with Crippen LogP contribution in [-0.4, -0.2) is 22.2 Å². The predicted molar refractivity (Wildman–Crippen MR) is 77.6 cm³/mol. The van der Waals surface area contributed by atoms with Crippen molar-refractivity contribution in [3.63, 3.8) is 0 Å². The average Bonchev–Trinajstić information content (AvgIpc) is 2.92. The molecule has 0 spiro atoms. The lowest BCUT2D eigenvalue weighted by atomic mass is 10.2. The van der Waals surface area contributed by atoms with Crippen molar-refractivity contribution in [1.29, 1.82) is 0 Å². The lowest BCUT2D eigenvalue weighted by Gasteiger charge is -2.23. The van der Waals surface area contributed by atoms with Gasteiger partial charge < -0.3 is 4.90 Å². The van der Waals surface area contributed by atoms with Gasteiger partial charge >= 0.3 is 5.69 Å². The van der Waals surface area contributed by atoms with E-state index < -0.39 is 0 Å². The van der Waals surface area contributed by atoms with E-state index in [1.165, 1.54) is 7.05 Å². The van der Waals surface area contributed by atoms with Crippen molar-refractivity contribution in [3.8, 4) is 0 Å². The van der Waals surface area contributed by atoms with Crippen LogP contribution < -0.4 is 16.1 Å². The standard InChI is InChI=1S/C14H19N3O2/c1-4-5-8-11-12(17-9-6-7-10-17)15(2)14(19)16(3)13(11)18/h4-5,8H,1,6-7,9-10H2,2-3H3/b8-5+. The third-order valence-corrected chi connectivity index (χ3v) is 3.47. The lowest BCUT2D eigenvalue weighted by molar-refractivity contribution is 0.670. The molecular weight excluding hydrogens is 242 g/mol. The molecule has 1 aromatic heterocycles. The van der Waals surface area contributed by atoms with E-state index in [1.807, 2.05) is 0 Å². The number of anilines is 1. The lowest BCUT2D eigenvalue weighted by Crippen LogP contribution is -2.41. The monoisotopic (exact) mass is 261 g/mol. The summed E-state index contributed by atoms with van der Waals surface area (Å²) in [5, 5.41) is 0. The maximum absolute atomic E-state index is 12.3. The highest BCUT2D eigenvalue weighted by Crippen LogP contribution is 2.21. The molecule has 1 fully saturated rings. The molecule has 2 rings (SSSR count). The van der Waals surface area contributed by atoms with Gasteiger partial charge in [0.1, 0.15) is 5.82 Å². The van der Waals surface area contributed by atoms with Gasteiger partial charge in [0.2, 0.25) is 0 Å². The third-order valence-electron chi connectivity index (χ3n) is 3.47. The van der Waals surface area contributed by atoms with Gasteiger partial charge in [-0.25, -0.2) is 4.79 Å². The van der Waals surface area contributed by atoms with E-state index in [9.17, 15) is 9.59 Å². The summed E-state index contributed by atoms with van der Waals surface area (Å²) in [5.41, 5.74) is -0.00264. The van der Waals surface area contributed by atoms with E-state index in [0.717, 1.165) is 30.5 Å². The Labute approximate surface area is 112 Å². The number of aromatic nitrogens is 2. The molecule has 0 amide bonds. The Balaban J connectivity index is 2.74. The highest BCUT2D eigenvalue weighted by molar-refractivity contribution is 5.64. The Bertz CT molecular complexity index is 631. The summed E-state index contributed by atoms with van der Waals surface area (Å²) < 4.78 is 2.69. The van der Waals surface area contributed by atoms with Gasteiger partial charge in [-0.3, -0.25) is 13.9 Å². The van der Waals surface area contributed by atoms with E-state index in [0.29, 0.717) is 11.4 Å². The van der Waals surface area contributed by atoms with Crippen molar-refractivity contribution in [2.45, 2.75) is 12.8 Å². The first-order chi connectivity index (χ1) is 9.07. The summed E-state index contributed by atoms with van der Waals surface area (Å²) in [6.45, 7) is 5.39.